The lowest BCUT2D eigenvalue weighted by molar-refractivity contribution is -0.147. The van der Waals surface area contributed by atoms with Gasteiger partial charge in [-0.25, -0.2) is 0 Å². The Balaban J connectivity index is 1.54. The van der Waals surface area contributed by atoms with Gasteiger partial charge < -0.3 is 19.6 Å². The molecule has 1 N–H and O–H groups in total. The van der Waals surface area contributed by atoms with Crippen LogP contribution in [0, 0.1) is 19.8 Å². The number of carbonyl (C=O) groups excluding carboxylic acids is 2. The fourth-order valence-corrected chi connectivity index (χ4v) is 3.65. The highest BCUT2D eigenvalue weighted by atomic mass is 16.5. The Labute approximate surface area is 158 Å². The van der Waals surface area contributed by atoms with Gasteiger partial charge in [0.25, 0.3) is 5.91 Å². The highest BCUT2D eigenvalue weighted by molar-refractivity contribution is 5.88. The van der Waals surface area contributed by atoms with Gasteiger partial charge in [-0.1, -0.05) is 6.07 Å². The molecular formula is C20H26N2O5. The molecule has 0 saturated carbocycles. The van der Waals surface area contributed by atoms with Crippen molar-refractivity contribution in [3.8, 4) is 5.75 Å². The van der Waals surface area contributed by atoms with Gasteiger partial charge >= 0.3 is 5.97 Å². The van der Waals surface area contributed by atoms with Crippen LogP contribution < -0.4 is 4.74 Å². The Morgan fingerprint density at radius 1 is 1.19 bits per heavy atom. The van der Waals surface area contributed by atoms with Gasteiger partial charge in [-0.05, 0) is 49.4 Å². The van der Waals surface area contributed by atoms with Crippen molar-refractivity contribution in [2.24, 2.45) is 5.92 Å². The number of likely N-dealkylation sites (tertiary alicyclic amines) is 1. The van der Waals surface area contributed by atoms with Crippen molar-refractivity contribution >= 4 is 17.8 Å². The van der Waals surface area contributed by atoms with Gasteiger partial charge in [0, 0.05) is 26.6 Å². The summed E-state index contributed by atoms with van der Waals surface area (Å²) in [5, 5.41) is 9.04. The Hall–Kier alpha value is -2.57. The highest BCUT2D eigenvalue weighted by Gasteiger charge is 2.33. The molecule has 2 aliphatic heterocycles. The summed E-state index contributed by atoms with van der Waals surface area (Å²) in [6.45, 7) is 4.85. The third-order valence-electron chi connectivity index (χ3n) is 5.57. The van der Waals surface area contributed by atoms with E-state index in [0.29, 0.717) is 32.4 Å². The summed E-state index contributed by atoms with van der Waals surface area (Å²) in [6, 6.07) is 4.01. The highest BCUT2D eigenvalue weighted by Crippen LogP contribution is 2.32. The minimum atomic E-state index is -0.808. The molecule has 1 fully saturated rings. The first-order valence-electron chi connectivity index (χ1n) is 9.28. The summed E-state index contributed by atoms with van der Waals surface area (Å²) in [7, 11) is 1.60. The van der Waals surface area contributed by atoms with Gasteiger partial charge in [-0.15, -0.1) is 0 Å². The molecule has 27 heavy (non-hydrogen) atoms. The van der Waals surface area contributed by atoms with E-state index < -0.39 is 12.1 Å². The summed E-state index contributed by atoms with van der Waals surface area (Å²) >= 11 is 0. The van der Waals surface area contributed by atoms with Crippen molar-refractivity contribution in [2.75, 3.05) is 26.7 Å². The first-order valence-corrected chi connectivity index (χ1v) is 9.28. The molecule has 7 nitrogen and oxygen atoms in total. The zero-order valence-corrected chi connectivity index (χ0v) is 16.0. The molecule has 0 spiro atoms. The number of carbonyl (C=O) groups is 3. The maximum Gasteiger partial charge on any atom is 0.306 e. The van der Waals surface area contributed by atoms with Crippen LogP contribution in [0.25, 0.3) is 0 Å². The van der Waals surface area contributed by atoms with Gasteiger partial charge in [0.15, 0.2) is 6.10 Å². The second-order valence-electron chi connectivity index (χ2n) is 7.54. The van der Waals surface area contributed by atoms with E-state index in [1.807, 2.05) is 19.9 Å². The summed E-state index contributed by atoms with van der Waals surface area (Å²) in [5.74, 6) is -0.817. The molecule has 0 aliphatic carbocycles. The lowest BCUT2D eigenvalue weighted by atomic mass is 9.97. The van der Waals surface area contributed by atoms with Crippen LogP contribution in [0.2, 0.25) is 0 Å². The number of amides is 2. The van der Waals surface area contributed by atoms with Crippen molar-refractivity contribution in [2.45, 2.75) is 39.2 Å². The number of likely N-dealkylation sites (N-methyl/N-ethyl adjacent to an activating group) is 1. The number of nitrogens with zero attached hydrogens (tertiary/aromatic N) is 2. The number of aliphatic carboxylic acids is 1. The van der Waals surface area contributed by atoms with E-state index in [2.05, 4.69) is 6.07 Å². The summed E-state index contributed by atoms with van der Waals surface area (Å²) in [6.07, 6.45) is 0.825. The number of fused-ring (bicyclic) bond motifs is 1. The van der Waals surface area contributed by atoms with Crippen molar-refractivity contribution in [1.29, 1.82) is 0 Å². The monoisotopic (exact) mass is 374 g/mol. The number of rotatable bonds is 4. The van der Waals surface area contributed by atoms with Crippen molar-refractivity contribution in [3.63, 3.8) is 0 Å². The van der Waals surface area contributed by atoms with Crippen molar-refractivity contribution in [3.05, 3.63) is 28.8 Å². The van der Waals surface area contributed by atoms with E-state index in [4.69, 9.17) is 9.84 Å². The van der Waals surface area contributed by atoms with Gasteiger partial charge in [-0.3, -0.25) is 14.4 Å². The molecule has 0 aromatic heterocycles. The minimum Gasteiger partial charge on any atom is -0.481 e. The average Bonchev–Trinajstić information content (AvgIpc) is 3.04. The van der Waals surface area contributed by atoms with Gasteiger partial charge in [0.05, 0.1) is 12.5 Å². The molecule has 1 atom stereocenters. The molecular weight excluding hydrogens is 348 g/mol. The first kappa shape index (κ1) is 19.2. The second-order valence-corrected chi connectivity index (χ2v) is 7.54. The van der Waals surface area contributed by atoms with Crippen LogP contribution in [0.1, 0.15) is 29.5 Å². The molecule has 1 unspecified atom stereocenters. The number of carboxylic acids is 1. The third kappa shape index (κ3) is 4.07. The van der Waals surface area contributed by atoms with Crippen LogP contribution >= 0.6 is 0 Å². The van der Waals surface area contributed by atoms with E-state index in [1.165, 1.54) is 10.5 Å². The standard InChI is InChI=1S/C20H26N2O5/c1-12-8-15-10-17(27-16(15)9-13(12)2)19(24)21(3)11-18(23)22-6-4-14(5-7-22)20(25)26/h8-9,14,17H,4-7,10-11H2,1-3H3,(H,25,26). The fraction of sp³-hybridized carbons (Fsp3) is 0.550. The lowest BCUT2D eigenvalue weighted by Crippen LogP contribution is -2.48. The number of carboxylic acid groups (broad SMARTS) is 1. The van der Waals surface area contributed by atoms with E-state index >= 15 is 0 Å². The van der Waals surface area contributed by atoms with E-state index in [9.17, 15) is 14.4 Å². The van der Waals surface area contributed by atoms with Crippen LogP contribution in [0.15, 0.2) is 12.1 Å². The van der Waals surface area contributed by atoms with E-state index in [-0.39, 0.29) is 24.3 Å². The predicted octanol–water partition coefficient (Wildman–Crippen LogP) is 1.39. The van der Waals surface area contributed by atoms with Crippen molar-refractivity contribution in [1.82, 2.24) is 9.80 Å². The fourth-order valence-electron chi connectivity index (χ4n) is 3.65. The zero-order valence-electron chi connectivity index (χ0n) is 16.0. The van der Waals surface area contributed by atoms with Crippen molar-refractivity contribution < 1.29 is 24.2 Å². The molecule has 3 rings (SSSR count). The lowest BCUT2D eigenvalue weighted by Gasteiger charge is -2.31. The van der Waals surface area contributed by atoms with Gasteiger partial charge in [0.2, 0.25) is 5.91 Å². The zero-order chi connectivity index (χ0) is 19.7. The number of hydrogen-bond acceptors (Lipinski definition) is 4. The Bertz CT molecular complexity index is 737. The molecule has 0 bridgehead atoms. The van der Waals surface area contributed by atoms with Crippen LogP contribution in [0.3, 0.4) is 0 Å². The molecule has 1 aromatic rings. The summed E-state index contributed by atoms with van der Waals surface area (Å²) < 4.78 is 5.81. The van der Waals surface area contributed by atoms with Crippen LogP contribution in [-0.4, -0.2) is 65.5 Å². The number of hydrogen-bond donors (Lipinski definition) is 1. The van der Waals surface area contributed by atoms with Gasteiger partial charge in [0.1, 0.15) is 5.75 Å². The molecule has 2 heterocycles. The molecule has 146 valence electrons. The molecule has 2 aliphatic rings. The quantitative estimate of drug-likeness (QED) is 0.861. The number of aryl methyl sites for hydroxylation is 2. The SMILES string of the molecule is Cc1cc2c(cc1C)OC(C(=O)N(C)CC(=O)N1CCC(C(=O)O)CC1)C2. The van der Waals surface area contributed by atoms with E-state index in [0.717, 1.165) is 16.9 Å². The van der Waals surface area contributed by atoms with Crippen LogP contribution in [0.5, 0.6) is 5.75 Å². The Morgan fingerprint density at radius 3 is 2.44 bits per heavy atom. The topological polar surface area (TPSA) is 87.2 Å². The number of ether oxygens (including phenoxy) is 1. The minimum absolute atomic E-state index is 0.0230. The maximum atomic E-state index is 12.7. The summed E-state index contributed by atoms with van der Waals surface area (Å²) in [5.41, 5.74) is 3.31. The molecule has 0 radical (unpaired) electrons. The molecule has 2 amide bonds. The average molecular weight is 374 g/mol. The predicted molar refractivity (Wildman–Crippen MR) is 98.6 cm³/mol. The smallest absolute Gasteiger partial charge is 0.306 e. The Morgan fingerprint density at radius 2 is 1.81 bits per heavy atom. The molecule has 1 aromatic carbocycles. The first-order chi connectivity index (χ1) is 12.8. The summed E-state index contributed by atoms with van der Waals surface area (Å²) in [4.78, 5) is 39.2. The largest absolute Gasteiger partial charge is 0.481 e. The molecule has 1 saturated heterocycles. The third-order valence-corrected chi connectivity index (χ3v) is 5.57. The number of piperidine rings is 1. The second kappa shape index (κ2) is 7.58. The molecule has 7 heteroatoms. The van der Waals surface area contributed by atoms with Crippen LogP contribution in [-0.2, 0) is 20.8 Å². The number of benzene rings is 1. The van der Waals surface area contributed by atoms with Crippen LogP contribution in [0.4, 0.5) is 0 Å². The van der Waals surface area contributed by atoms with E-state index in [1.54, 1.807) is 11.9 Å². The van der Waals surface area contributed by atoms with Gasteiger partial charge in [-0.2, -0.15) is 0 Å². The maximum absolute atomic E-state index is 12.7. The normalized spacial score (nSPS) is 19.4. The Kier molecular flexibility index (Phi) is 5.39.